The Hall–Kier alpha value is 0.580. The molecule has 4 heteroatoms. The molecule has 0 aliphatic rings. The summed E-state index contributed by atoms with van der Waals surface area (Å²) >= 11 is 6.03. The summed E-state index contributed by atoms with van der Waals surface area (Å²) < 4.78 is 6.48. The molecule has 0 fully saturated rings. The summed E-state index contributed by atoms with van der Waals surface area (Å²) in [4.78, 5) is 1.34. The second-order valence-corrected chi connectivity index (χ2v) is 21.2. The lowest BCUT2D eigenvalue weighted by atomic mass is 10.3. The molecule has 14 heavy (non-hydrogen) atoms. The average molecular weight is 391 g/mol. The maximum atomic E-state index is 5.42. The Morgan fingerprint density at radius 1 is 1.29 bits per heavy atom. The van der Waals surface area contributed by atoms with E-state index in [-0.39, 0.29) is 0 Å². The molecule has 0 aromatic heterocycles. The van der Waals surface area contributed by atoms with Crippen LogP contribution in [0, 0.1) is 0 Å². The van der Waals surface area contributed by atoms with Gasteiger partial charge < -0.3 is 4.74 Å². The molecule has 1 rings (SSSR count). The highest BCUT2D eigenvalue weighted by Gasteiger charge is 2.26. The minimum atomic E-state index is -1.76. The standard InChI is InChI=1S/C10H16BrIOS/c1-13-9-7-8(11)5-6-10(9)14(2,3,4)12/h5-7,14H,1-4H3. The maximum Gasteiger partial charge on any atom is 0.131 e. The first-order valence-corrected chi connectivity index (χ1v) is 11.4. The Labute approximate surface area is 107 Å². The first-order chi connectivity index (χ1) is 6.21. The predicted molar refractivity (Wildman–Crippen MR) is 79.7 cm³/mol. The number of thiol groups is 1. The third-order valence-electron chi connectivity index (χ3n) is 1.96. The molecule has 1 nitrogen and oxygen atoms in total. The topological polar surface area (TPSA) is 9.23 Å². The lowest BCUT2D eigenvalue weighted by Gasteiger charge is -2.45. The van der Waals surface area contributed by atoms with Crippen molar-refractivity contribution in [2.24, 2.45) is 0 Å². The van der Waals surface area contributed by atoms with Crippen molar-refractivity contribution in [3.8, 4) is 5.75 Å². The number of ether oxygens (including phenoxy) is 1. The Balaban J connectivity index is 3.36. The van der Waals surface area contributed by atoms with Crippen LogP contribution in [-0.2, 0) is 0 Å². The van der Waals surface area contributed by atoms with Gasteiger partial charge in [0, 0.05) is 9.37 Å². The zero-order chi connectivity index (χ0) is 11.0. The number of halogens is 2. The fourth-order valence-electron chi connectivity index (χ4n) is 1.28. The second kappa shape index (κ2) is 3.87. The number of rotatable bonds is 2. The van der Waals surface area contributed by atoms with Crippen LogP contribution in [0.2, 0.25) is 0 Å². The zero-order valence-corrected chi connectivity index (χ0v) is 13.5. The highest BCUT2D eigenvalue weighted by Crippen LogP contribution is 2.75. The van der Waals surface area contributed by atoms with Gasteiger partial charge in [0.25, 0.3) is 0 Å². The van der Waals surface area contributed by atoms with E-state index in [1.54, 1.807) is 7.11 Å². The highest BCUT2D eigenvalue weighted by molar-refractivity contribution is 14.2. The lowest BCUT2D eigenvalue weighted by Crippen LogP contribution is -2.05. The zero-order valence-electron chi connectivity index (χ0n) is 8.84. The van der Waals surface area contributed by atoms with Crippen LogP contribution < -0.4 is 4.74 Å². The van der Waals surface area contributed by atoms with Gasteiger partial charge in [-0.2, -0.15) is 0 Å². The molecule has 0 heterocycles. The van der Waals surface area contributed by atoms with Crippen molar-refractivity contribution < 1.29 is 4.74 Å². The van der Waals surface area contributed by atoms with Gasteiger partial charge in [0.2, 0.25) is 0 Å². The summed E-state index contributed by atoms with van der Waals surface area (Å²) in [6, 6.07) is 6.27. The minimum Gasteiger partial charge on any atom is -0.496 e. The predicted octanol–water partition coefficient (Wildman–Crippen LogP) is 4.13. The summed E-state index contributed by atoms with van der Waals surface area (Å²) in [5.41, 5.74) is 0. The van der Waals surface area contributed by atoms with Gasteiger partial charge in [0.15, 0.2) is 0 Å². The number of methoxy groups -OCH3 is 1. The van der Waals surface area contributed by atoms with E-state index in [9.17, 15) is 0 Å². The van der Waals surface area contributed by atoms with Gasteiger partial charge in [0.05, 0.1) is 7.11 Å². The normalized spacial score (nSPS) is 14.6. The fourth-order valence-corrected chi connectivity index (χ4v) is 4.29. The van der Waals surface area contributed by atoms with Crippen molar-refractivity contribution in [2.45, 2.75) is 4.90 Å². The molecule has 1 aromatic rings. The number of benzene rings is 1. The highest BCUT2D eigenvalue weighted by atomic mass is 127. The van der Waals surface area contributed by atoms with E-state index in [0.717, 1.165) is 10.2 Å². The maximum absolute atomic E-state index is 5.42. The van der Waals surface area contributed by atoms with E-state index < -0.39 is 6.33 Å². The monoisotopic (exact) mass is 390 g/mol. The number of hydrogen-bond donors (Lipinski definition) is 1. The molecule has 0 bridgehead atoms. The Morgan fingerprint density at radius 2 is 1.86 bits per heavy atom. The largest absolute Gasteiger partial charge is 0.496 e. The van der Waals surface area contributed by atoms with Crippen LogP contribution in [0.3, 0.4) is 0 Å². The molecule has 0 saturated heterocycles. The molecule has 0 atom stereocenters. The Morgan fingerprint density at radius 3 is 2.29 bits per heavy atom. The fraction of sp³-hybridized carbons (Fsp3) is 0.400. The quantitative estimate of drug-likeness (QED) is 0.590. The molecule has 0 aliphatic carbocycles. The summed E-state index contributed by atoms with van der Waals surface area (Å²) in [6.45, 7) is 0. The molecule has 0 spiro atoms. The second-order valence-electron chi connectivity index (χ2n) is 4.42. The smallest absolute Gasteiger partial charge is 0.131 e. The molecule has 0 radical (unpaired) electrons. The van der Waals surface area contributed by atoms with Gasteiger partial charge in [-0.15, -0.1) is 0 Å². The first kappa shape index (κ1) is 12.6. The molecular formula is C10H16BrIOS. The molecular weight excluding hydrogens is 375 g/mol. The van der Waals surface area contributed by atoms with Gasteiger partial charge in [-0.3, -0.25) is 0 Å². The van der Waals surface area contributed by atoms with Gasteiger partial charge >= 0.3 is 0 Å². The summed E-state index contributed by atoms with van der Waals surface area (Å²) in [6.07, 6.45) is 5.19. The van der Waals surface area contributed by atoms with Gasteiger partial charge in [-0.1, -0.05) is 15.9 Å². The van der Waals surface area contributed by atoms with Crippen molar-refractivity contribution in [1.29, 1.82) is 0 Å². The van der Waals surface area contributed by atoms with Crippen LogP contribution in [0.15, 0.2) is 27.6 Å². The van der Waals surface area contributed by atoms with Crippen molar-refractivity contribution in [1.82, 2.24) is 0 Å². The van der Waals surface area contributed by atoms with Crippen LogP contribution >= 0.6 is 43.5 Å². The summed E-state index contributed by atoms with van der Waals surface area (Å²) in [7, 11) is 1.73. The van der Waals surface area contributed by atoms with Crippen molar-refractivity contribution in [2.75, 3.05) is 25.9 Å². The Bertz CT molecular complexity index is 348. The average Bonchev–Trinajstić information content (AvgIpc) is 2.00. The molecule has 0 saturated carbocycles. The molecule has 0 aliphatic heterocycles. The van der Waals surface area contributed by atoms with E-state index in [0.29, 0.717) is 0 Å². The van der Waals surface area contributed by atoms with Gasteiger partial charge in [-0.05, 0) is 58.2 Å². The van der Waals surface area contributed by atoms with Crippen LogP contribution in [0.1, 0.15) is 0 Å². The molecule has 1 aromatic carbocycles. The van der Waals surface area contributed by atoms with E-state index in [1.165, 1.54) is 4.90 Å². The van der Waals surface area contributed by atoms with Gasteiger partial charge in [-0.25, -0.2) is 6.33 Å². The third kappa shape index (κ3) is 3.03. The summed E-state index contributed by atoms with van der Waals surface area (Å²) in [5.74, 6) is 0.985. The lowest BCUT2D eigenvalue weighted by molar-refractivity contribution is 0.404. The molecule has 0 N–H and O–H groups in total. The third-order valence-corrected chi connectivity index (χ3v) is 6.01. The van der Waals surface area contributed by atoms with Crippen LogP contribution in [-0.4, -0.2) is 25.9 Å². The van der Waals surface area contributed by atoms with Crippen molar-refractivity contribution >= 4 is 43.5 Å². The van der Waals surface area contributed by atoms with Gasteiger partial charge in [0.1, 0.15) is 5.75 Å². The van der Waals surface area contributed by atoms with E-state index in [4.69, 9.17) is 4.74 Å². The van der Waals surface area contributed by atoms with Crippen molar-refractivity contribution in [3.63, 3.8) is 0 Å². The van der Waals surface area contributed by atoms with Crippen molar-refractivity contribution in [3.05, 3.63) is 22.7 Å². The van der Waals surface area contributed by atoms with Crippen LogP contribution in [0.4, 0.5) is 0 Å². The molecule has 0 amide bonds. The van der Waals surface area contributed by atoms with E-state index in [1.807, 2.05) is 6.07 Å². The number of hydrogen-bond acceptors (Lipinski definition) is 1. The van der Waals surface area contributed by atoms with Crippen LogP contribution in [0.25, 0.3) is 0 Å². The van der Waals surface area contributed by atoms with E-state index in [2.05, 4.69) is 68.0 Å². The van der Waals surface area contributed by atoms with E-state index >= 15 is 0 Å². The molecule has 82 valence electrons. The van der Waals surface area contributed by atoms with Crippen LogP contribution in [0.5, 0.6) is 5.75 Å². The minimum absolute atomic E-state index is 0.985. The first-order valence-electron chi connectivity index (χ1n) is 4.27. The SMILES string of the molecule is COc1cc(Br)ccc1[SH](C)(C)(C)I. The Kier molecular flexibility index (Phi) is 3.49. The summed E-state index contributed by atoms with van der Waals surface area (Å²) in [5, 5.41) is 0. The molecule has 0 unspecified atom stereocenters.